The van der Waals surface area contributed by atoms with Crippen molar-refractivity contribution in [2.45, 2.75) is 6.04 Å². The molecule has 0 saturated heterocycles. The van der Waals surface area contributed by atoms with E-state index in [0.29, 0.717) is 5.56 Å². The van der Waals surface area contributed by atoms with Crippen LogP contribution in [0.25, 0.3) is 0 Å². The summed E-state index contributed by atoms with van der Waals surface area (Å²) >= 11 is 0. The minimum atomic E-state index is -0.922. The fourth-order valence-electron chi connectivity index (χ4n) is 2.30. The maximum Gasteiger partial charge on any atom is 0.257 e. The van der Waals surface area contributed by atoms with Crippen molar-refractivity contribution in [3.63, 3.8) is 0 Å². The Hall–Kier alpha value is -2.34. The zero-order valence-electron chi connectivity index (χ0n) is 12.8. The topological polar surface area (TPSA) is 32.3 Å². The number of nitrogens with zero attached hydrogens (tertiary/aromatic N) is 1. The van der Waals surface area contributed by atoms with Gasteiger partial charge < -0.3 is 10.2 Å². The highest BCUT2D eigenvalue weighted by Crippen LogP contribution is 2.19. The lowest BCUT2D eigenvalue weighted by Crippen LogP contribution is -2.35. The van der Waals surface area contributed by atoms with Crippen molar-refractivity contribution in [3.05, 3.63) is 71.0 Å². The van der Waals surface area contributed by atoms with Crippen LogP contribution in [0.2, 0.25) is 0 Å². The molecule has 122 valence electrons. The first kappa shape index (κ1) is 17.0. The van der Waals surface area contributed by atoms with Crippen LogP contribution in [0.1, 0.15) is 22.0 Å². The molecule has 6 heteroatoms. The SMILES string of the molecule is CN(C)C(CNC(=O)c1c(F)cccc1F)c1cccc(F)c1. The van der Waals surface area contributed by atoms with Gasteiger partial charge in [0.2, 0.25) is 0 Å². The number of halogens is 3. The minimum absolute atomic E-state index is 0.0864. The number of carbonyl (C=O) groups is 1. The predicted octanol–water partition coefficient (Wildman–Crippen LogP) is 3.14. The van der Waals surface area contributed by atoms with Gasteiger partial charge in [-0.15, -0.1) is 0 Å². The summed E-state index contributed by atoms with van der Waals surface area (Å²) in [6.45, 7) is 0.0864. The lowest BCUT2D eigenvalue weighted by Gasteiger charge is -2.25. The molecule has 1 unspecified atom stereocenters. The van der Waals surface area contributed by atoms with Gasteiger partial charge in [0, 0.05) is 6.54 Å². The maximum absolute atomic E-state index is 13.6. The standard InChI is InChI=1S/C17H17F3N2O/c1-22(2)15(11-5-3-6-12(18)9-11)10-21-17(23)16-13(19)7-4-8-14(16)20/h3-9,15H,10H2,1-2H3,(H,21,23). The summed E-state index contributed by atoms with van der Waals surface area (Å²) in [6, 6.07) is 8.89. The number of nitrogens with one attached hydrogen (secondary N) is 1. The Morgan fingerprint density at radius 1 is 1.09 bits per heavy atom. The van der Waals surface area contributed by atoms with Crippen LogP contribution in [0.5, 0.6) is 0 Å². The zero-order chi connectivity index (χ0) is 17.0. The Balaban J connectivity index is 2.15. The third kappa shape index (κ3) is 4.10. The normalized spacial score (nSPS) is 12.3. The highest BCUT2D eigenvalue weighted by Gasteiger charge is 2.20. The summed E-state index contributed by atoms with van der Waals surface area (Å²) in [5.74, 6) is -3.08. The van der Waals surface area contributed by atoms with E-state index in [4.69, 9.17) is 0 Å². The van der Waals surface area contributed by atoms with Crippen LogP contribution in [0, 0.1) is 17.5 Å². The number of hydrogen-bond donors (Lipinski definition) is 1. The van der Waals surface area contributed by atoms with Crippen LogP contribution in [-0.4, -0.2) is 31.4 Å². The van der Waals surface area contributed by atoms with Crippen LogP contribution < -0.4 is 5.32 Å². The van der Waals surface area contributed by atoms with Crippen molar-refractivity contribution >= 4 is 5.91 Å². The van der Waals surface area contributed by atoms with E-state index in [-0.39, 0.29) is 18.4 Å². The molecule has 1 N–H and O–H groups in total. The van der Waals surface area contributed by atoms with E-state index < -0.39 is 23.1 Å². The van der Waals surface area contributed by atoms with E-state index in [9.17, 15) is 18.0 Å². The molecular formula is C17H17F3N2O. The van der Waals surface area contributed by atoms with E-state index in [0.717, 1.165) is 12.1 Å². The Bertz CT molecular complexity index is 684. The van der Waals surface area contributed by atoms with Gasteiger partial charge in [-0.1, -0.05) is 18.2 Å². The first-order chi connectivity index (χ1) is 10.9. The third-order valence-corrected chi connectivity index (χ3v) is 3.50. The Kier molecular flexibility index (Phi) is 5.39. The molecule has 0 aliphatic heterocycles. The fourth-order valence-corrected chi connectivity index (χ4v) is 2.30. The molecule has 2 aromatic carbocycles. The van der Waals surface area contributed by atoms with Crippen molar-refractivity contribution < 1.29 is 18.0 Å². The highest BCUT2D eigenvalue weighted by molar-refractivity contribution is 5.94. The maximum atomic E-state index is 13.6. The molecule has 1 amide bonds. The number of rotatable bonds is 5. The summed E-state index contributed by atoms with van der Waals surface area (Å²) in [4.78, 5) is 13.8. The molecule has 23 heavy (non-hydrogen) atoms. The lowest BCUT2D eigenvalue weighted by molar-refractivity contribution is 0.0933. The molecule has 0 bridgehead atoms. The summed E-state index contributed by atoms with van der Waals surface area (Å²) in [5.41, 5.74) is 0.0357. The van der Waals surface area contributed by atoms with Crippen molar-refractivity contribution in [3.8, 4) is 0 Å². The van der Waals surface area contributed by atoms with Gasteiger partial charge in [-0.3, -0.25) is 4.79 Å². The van der Waals surface area contributed by atoms with Gasteiger partial charge in [-0.2, -0.15) is 0 Å². The van der Waals surface area contributed by atoms with Gasteiger partial charge in [-0.05, 0) is 43.9 Å². The van der Waals surface area contributed by atoms with Gasteiger partial charge in [0.1, 0.15) is 23.0 Å². The van der Waals surface area contributed by atoms with Crippen LogP contribution in [0.4, 0.5) is 13.2 Å². The number of likely N-dealkylation sites (N-methyl/N-ethyl adjacent to an activating group) is 1. The predicted molar refractivity (Wildman–Crippen MR) is 81.5 cm³/mol. The van der Waals surface area contributed by atoms with E-state index in [1.807, 2.05) is 0 Å². The first-order valence-corrected chi connectivity index (χ1v) is 7.04. The highest BCUT2D eigenvalue weighted by atomic mass is 19.1. The number of benzene rings is 2. The van der Waals surface area contributed by atoms with Crippen LogP contribution >= 0.6 is 0 Å². The molecule has 2 aromatic rings. The minimum Gasteiger partial charge on any atom is -0.350 e. The van der Waals surface area contributed by atoms with Gasteiger partial charge in [0.15, 0.2) is 0 Å². The zero-order valence-corrected chi connectivity index (χ0v) is 12.8. The number of carbonyl (C=O) groups excluding carboxylic acids is 1. The fraction of sp³-hybridized carbons (Fsp3) is 0.235. The molecule has 0 radical (unpaired) electrons. The Labute approximate surface area is 132 Å². The van der Waals surface area contributed by atoms with Crippen molar-refractivity contribution in [2.75, 3.05) is 20.6 Å². The number of hydrogen-bond acceptors (Lipinski definition) is 2. The van der Waals surface area contributed by atoms with Crippen LogP contribution in [0.3, 0.4) is 0 Å². The summed E-state index contributed by atoms with van der Waals surface area (Å²) < 4.78 is 40.6. The second-order valence-electron chi connectivity index (χ2n) is 5.34. The lowest BCUT2D eigenvalue weighted by atomic mass is 10.1. The molecule has 0 heterocycles. The average Bonchev–Trinajstić information content (AvgIpc) is 2.47. The molecular weight excluding hydrogens is 305 g/mol. The molecule has 0 aromatic heterocycles. The number of amides is 1. The van der Waals surface area contributed by atoms with Crippen LogP contribution in [0.15, 0.2) is 42.5 Å². The Morgan fingerprint density at radius 2 is 1.70 bits per heavy atom. The van der Waals surface area contributed by atoms with E-state index in [1.165, 1.54) is 18.2 Å². The molecule has 0 spiro atoms. The summed E-state index contributed by atoms with van der Waals surface area (Å²) in [6.07, 6.45) is 0. The summed E-state index contributed by atoms with van der Waals surface area (Å²) in [5, 5.41) is 2.50. The molecule has 2 rings (SSSR count). The van der Waals surface area contributed by atoms with Gasteiger partial charge in [-0.25, -0.2) is 13.2 Å². The van der Waals surface area contributed by atoms with Gasteiger partial charge >= 0.3 is 0 Å². The third-order valence-electron chi connectivity index (χ3n) is 3.50. The van der Waals surface area contributed by atoms with Crippen LogP contribution in [-0.2, 0) is 0 Å². The second-order valence-corrected chi connectivity index (χ2v) is 5.34. The quantitative estimate of drug-likeness (QED) is 0.917. The molecule has 0 aliphatic carbocycles. The van der Waals surface area contributed by atoms with E-state index in [1.54, 1.807) is 31.1 Å². The summed E-state index contributed by atoms with van der Waals surface area (Å²) in [7, 11) is 3.54. The van der Waals surface area contributed by atoms with Gasteiger partial charge in [0.05, 0.1) is 6.04 Å². The van der Waals surface area contributed by atoms with Crippen molar-refractivity contribution in [1.29, 1.82) is 0 Å². The average molecular weight is 322 g/mol. The molecule has 0 fully saturated rings. The largest absolute Gasteiger partial charge is 0.350 e. The second kappa shape index (κ2) is 7.28. The smallest absolute Gasteiger partial charge is 0.257 e. The van der Waals surface area contributed by atoms with Crippen molar-refractivity contribution in [2.24, 2.45) is 0 Å². The molecule has 0 saturated carbocycles. The van der Waals surface area contributed by atoms with Crippen molar-refractivity contribution in [1.82, 2.24) is 10.2 Å². The Morgan fingerprint density at radius 3 is 2.26 bits per heavy atom. The monoisotopic (exact) mass is 322 g/mol. The van der Waals surface area contributed by atoms with E-state index in [2.05, 4.69) is 5.32 Å². The first-order valence-electron chi connectivity index (χ1n) is 7.04. The molecule has 3 nitrogen and oxygen atoms in total. The molecule has 1 atom stereocenters. The molecule has 0 aliphatic rings. The van der Waals surface area contributed by atoms with Gasteiger partial charge in [0.25, 0.3) is 5.91 Å². The van der Waals surface area contributed by atoms with E-state index >= 15 is 0 Å².